The van der Waals surface area contributed by atoms with Gasteiger partial charge in [-0.1, -0.05) is 12.1 Å². The first-order chi connectivity index (χ1) is 11.2. The number of ether oxygens (including phenoxy) is 1. The molecule has 1 saturated heterocycles. The van der Waals surface area contributed by atoms with Gasteiger partial charge >= 0.3 is 6.09 Å². The Balaban J connectivity index is 1.74. The highest BCUT2D eigenvalue weighted by molar-refractivity contribution is 5.68. The van der Waals surface area contributed by atoms with E-state index in [9.17, 15) is 9.90 Å². The van der Waals surface area contributed by atoms with Crippen molar-refractivity contribution in [2.75, 3.05) is 38.5 Å². The highest BCUT2D eigenvalue weighted by atomic mass is 16.6. The van der Waals surface area contributed by atoms with Crippen LogP contribution in [0.4, 0.5) is 10.5 Å². The number of rotatable bonds is 4. The first-order valence-corrected chi connectivity index (χ1v) is 8.48. The fraction of sp³-hybridized carbons (Fsp3) is 0.611. The first-order valence-electron chi connectivity index (χ1n) is 8.48. The summed E-state index contributed by atoms with van der Waals surface area (Å²) in [4.78, 5) is 16.0. The molecule has 6 nitrogen and oxygen atoms in total. The molecular weight excluding hydrogens is 306 g/mol. The Bertz CT molecular complexity index is 549. The number of hydrogen-bond donors (Lipinski definition) is 2. The van der Waals surface area contributed by atoms with Crippen LogP contribution >= 0.6 is 0 Å². The van der Waals surface area contributed by atoms with Crippen molar-refractivity contribution in [2.45, 2.75) is 38.9 Å². The van der Waals surface area contributed by atoms with Gasteiger partial charge in [0, 0.05) is 38.4 Å². The number of benzene rings is 1. The maximum atomic E-state index is 12.0. The smallest absolute Gasteiger partial charge is 0.410 e. The van der Waals surface area contributed by atoms with E-state index in [0.29, 0.717) is 25.2 Å². The van der Waals surface area contributed by atoms with E-state index >= 15 is 0 Å². The summed E-state index contributed by atoms with van der Waals surface area (Å²) in [5.74, 6) is 0. The van der Waals surface area contributed by atoms with Crippen LogP contribution in [0.5, 0.6) is 0 Å². The predicted octanol–water partition coefficient (Wildman–Crippen LogP) is 2.25. The van der Waals surface area contributed by atoms with Crippen LogP contribution in [0.15, 0.2) is 24.3 Å². The van der Waals surface area contributed by atoms with E-state index in [1.54, 1.807) is 4.90 Å². The van der Waals surface area contributed by atoms with Crippen molar-refractivity contribution in [3.8, 4) is 0 Å². The van der Waals surface area contributed by atoms with Crippen molar-refractivity contribution < 1.29 is 14.6 Å². The topological polar surface area (TPSA) is 79.0 Å². The predicted molar refractivity (Wildman–Crippen MR) is 94.7 cm³/mol. The number of hydrogen-bond acceptors (Lipinski definition) is 5. The number of aliphatic hydroxyl groups is 1. The fourth-order valence-electron chi connectivity index (χ4n) is 2.72. The number of aliphatic hydroxyl groups excluding tert-OH is 1. The molecule has 2 rings (SSSR count). The second-order valence-corrected chi connectivity index (χ2v) is 7.28. The minimum atomic E-state index is -0.516. The zero-order chi connectivity index (χ0) is 17.7. The molecule has 0 aliphatic carbocycles. The Morgan fingerprint density at radius 1 is 1.29 bits per heavy atom. The van der Waals surface area contributed by atoms with Crippen LogP contribution in [0.25, 0.3) is 0 Å². The number of carbonyl (C=O) groups is 1. The highest BCUT2D eigenvalue weighted by Crippen LogP contribution is 2.20. The summed E-state index contributed by atoms with van der Waals surface area (Å²) in [7, 11) is 0. The average molecular weight is 335 g/mol. The van der Waals surface area contributed by atoms with Crippen molar-refractivity contribution in [2.24, 2.45) is 0 Å². The standard InChI is InChI=1S/C18H29N3O3/c1-18(2,3)24-17(23)21-11-9-20(10-12-21)8-7-16(22)14-5-4-6-15(19)13-14/h4-6,13,16,22H,7-12,19H2,1-3H3. The van der Waals surface area contributed by atoms with Gasteiger partial charge in [-0.2, -0.15) is 0 Å². The normalized spacial score (nSPS) is 17.6. The summed E-state index contributed by atoms with van der Waals surface area (Å²) in [6.07, 6.45) is -0.116. The van der Waals surface area contributed by atoms with Gasteiger partial charge in [0.1, 0.15) is 5.60 Å². The number of piperazine rings is 1. The van der Waals surface area contributed by atoms with Crippen LogP contribution < -0.4 is 5.73 Å². The molecular formula is C18H29N3O3. The Labute approximate surface area is 144 Å². The van der Waals surface area contributed by atoms with Gasteiger partial charge in [0.25, 0.3) is 0 Å². The molecule has 0 bridgehead atoms. The summed E-state index contributed by atoms with van der Waals surface area (Å²) in [5.41, 5.74) is 6.80. The lowest BCUT2D eigenvalue weighted by Crippen LogP contribution is -2.50. The molecule has 1 fully saturated rings. The van der Waals surface area contributed by atoms with E-state index in [1.165, 1.54) is 0 Å². The number of nitrogen functional groups attached to an aromatic ring is 1. The van der Waals surface area contributed by atoms with E-state index in [-0.39, 0.29) is 6.09 Å². The molecule has 1 aliphatic rings. The minimum Gasteiger partial charge on any atom is -0.444 e. The third-order valence-corrected chi connectivity index (χ3v) is 4.04. The molecule has 6 heteroatoms. The molecule has 1 amide bonds. The van der Waals surface area contributed by atoms with E-state index in [4.69, 9.17) is 10.5 Å². The summed E-state index contributed by atoms with van der Waals surface area (Å²) < 4.78 is 5.40. The summed E-state index contributed by atoms with van der Waals surface area (Å²) in [6.45, 7) is 9.31. The van der Waals surface area contributed by atoms with Crippen LogP contribution in [0.2, 0.25) is 0 Å². The lowest BCUT2D eigenvalue weighted by molar-refractivity contribution is 0.0132. The van der Waals surface area contributed by atoms with Crippen LogP contribution in [0.1, 0.15) is 38.9 Å². The molecule has 134 valence electrons. The van der Waals surface area contributed by atoms with Gasteiger partial charge in [-0.3, -0.25) is 4.90 Å². The number of anilines is 1. The SMILES string of the molecule is CC(C)(C)OC(=O)N1CCN(CCC(O)c2cccc(N)c2)CC1. The molecule has 3 N–H and O–H groups in total. The van der Waals surface area contributed by atoms with Gasteiger partial charge in [-0.15, -0.1) is 0 Å². The molecule has 1 atom stereocenters. The molecule has 0 saturated carbocycles. The third kappa shape index (κ3) is 5.69. The van der Waals surface area contributed by atoms with Crippen molar-refractivity contribution in [3.63, 3.8) is 0 Å². The number of nitrogens with two attached hydrogens (primary N) is 1. The molecule has 0 aromatic heterocycles. The third-order valence-electron chi connectivity index (χ3n) is 4.04. The molecule has 0 spiro atoms. The Kier molecular flexibility index (Phi) is 6.07. The molecule has 1 unspecified atom stereocenters. The highest BCUT2D eigenvalue weighted by Gasteiger charge is 2.25. The minimum absolute atomic E-state index is 0.248. The number of carbonyl (C=O) groups excluding carboxylic acids is 1. The zero-order valence-electron chi connectivity index (χ0n) is 14.9. The molecule has 1 aromatic rings. The molecule has 1 aromatic carbocycles. The molecule has 24 heavy (non-hydrogen) atoms. The van der Waals surface area contributed by atoms with Crippen molar-refractivity contribution in [1.29, 1.82) is 0 Å². The van der Waals surface area contributed by atoms with Gasteiger partial charge in [-0.05, 0) is 44.9 Å². The quantitative estimate of drug-likeness (QED) is 0.825. The van der Waals surface area contributed by atoms with Gasteiger partial charge in [0.05, 0.1) is 6.10 Å². The number of nitrogens with zero attached hydrogens (tertiary/aromatic N) is 2. The maximum Gasteiger partial charge on any atom is 0.410 e. The largest absolute Gasteiger partial charge is 0.444 e. The first kappa shape index (κ1) is 18.5. The van der Waals surface area contributed by atoms with Crippen LogP contribution in [-0.2, 0) is 4.74 Å². The average Bonchev–Trinajstić information content (AvgIpc) is 2.51. The van der Waals surface area contributed by atoms with E-state index in [1.807, 2.05) is 45.0 Å². The summed E-state index contributed by atoms with van der Waals surface area (Å²) >= 11 is 0. The van der Waals surface area contributed by atoms with Crippen LogP contribution in [-0.4, -0.2) is 59.3 Å². The molecule has 1 heterocycles. The van der Waals surface area contributed by atoms with Gasteiger partial charge < -0.3 is 20.5 Å². The Hall–Kier alpha value is -1.79. The van der Waals surface area contributed by atoms with E-state index in [2.05, 4.69) is 4.90 Å². The monoisotopic (exact) mass is 335 g/mol. The van der Waals surface area contributed by atoms with Crippen molar-refractivity contribution >= 4 is 11.8 Å². The zero-order valence-corrected chi connectivity index (χ0v) is 14.9. The fourth-order valence-corrected chi connectivity index (χ4v) is 2.72. The van der Waals surface area contributed by atoms with E-state index in [0.717, 1.165) is 25.2 Å². The second-order valence-electron chi connectivity index (χ2n) is 7.28. The lowest BCUT2D eigenvalue weighted by Gasteiger charge is -2.35. The lowest BCUT2D eigenvalue weighted by atomic mass is 10.1. The Morgan fingerprint density at radius 3 is 2.54 bits per heavy atom. The summed E-state index contributed by atoms with van der Waals surface area (Å²) in [6, 6.07) is 7.37. The molecule has 1 aliphatic heterocycles. The number of amides is 1. The summed E-state index contributed by atoms with van der Waals surface area (Å²) in [5, 5.41) is 10.3. The van der Waals surface area contributed by atoms with Crippen molar-refractivity contribution in [3.05, 3.63) is 29.8 Å². The van der Waals surface area contributed by atoms with Gasteiger partial charge in [-0.25, -0.2) is 4.79 Å². The maximum absolute atomic E-state index is 12.0. The van der Waals surface area contributed by atoms with Crippen molar-refractivity contribution in [1.82, 2.24) is 9.80 Å². The van der Waals surface area contributed by atoms with Crippen LogP contribution in [0, 0.1) is 0 Å². The van der Waals surface area contributed by atoms with E-state index < -0.39 is 11.7 Å². The second kappa shape index (κ2) is 7.85. The Morgan fingerprint density at radius 2 is 1.96 bits per heavy atom. The van der Waals surface area contributed by atoms with Gasteiger partial charge in [0.15, 0.2) is 0 Å². The van der Waals surface area contributed by atoms with Crippen LogP contribution in [0.3, 0.4) is 0 Å². The van der Waals surface area contributed by atoms with Gasteiger partial charge in [0.2, 0.25) is 0 Å². The molecule has 0 radical (unpaired) electrons.